The number of hydrogen-bond acceptors (Lipinski definition) is 6. The first-order chi connectivity index (χ1) is 14.8. The number of carbonyl (C=O) groups is 1. The number of carbonyl (C=O) groups excluding carboxylic acids is 1. The predicted octanol–water partition coefficient (Wildman–Crippen LogP) is 2.72. The monoisotopic (exact) mass is 447 g/mol. The van der Waals surface area contributed by atoms with Crippen LogP contribution in [0.2, 0.25) is 0 Å². The minimum absolute atomic E-state index is 0.399. The Bertz CT molecular complexity index is 971. The zero-order valence-electron chi connectivity index (χ0n) is 18.1. The highest BCUT2D eigenvalue weighted by Crippen LogP contribution is 2.25. The second-order valence-electron chi connectivity index (χ2n) is 7.30. The molecule has 8 nitrogen and oxygen atoms in total. The van der Waals surface area contributed by atoms with E-state index in [0.29, 0.717) is 36.9 Å². The lowest BCUT2D eigenvalue weighted by atomic mass is 10.2. The summed E-state index contributed by atoms with van der Waals surface area (Å²) < 4.78 is 36.8. The Balaban J connectivity index is 1.72. The predicted molar refractivity (Wildman–Crippen MR) is 122 cm³/mol. The summed E-state index contributed by atoms with van der Waals surface area (Å²) in [6.07, 6.45) is 1.09. The van der Waals surface area contributed by atoms with Gasteiger partial charge in [-0.05, 0) is 62.4 Å². The van der Waals surface area contributed by atoms with Gasteiger partial charge in [-0.1, -0.05) is 0 Å². The molecule has 1 fully saturated rings. The van der Waals surface area contributed by atoms with Gasteiger partial charge in [-0.25, -0.2) is 8.42 Å². The van der Waals surface area contributed by atoms with Gasteiger partial charge in [0.15, 0.2) is 0 Å². The molecule has 2 aromatic carbocycles. The molecule has 9 heteroatoms. The Hall–Kier alpha value is -2.78. The normalized spacial score (nSPS) is 15.3. The molecule has 0 saturated carbocycles. The molecule has 1 aliphatic rings. The Labute approximate surface area is 183 Å². The highest BCUT2D eigenvalue weighted by Gasteiger charge is 2.29. The maximum absolute atomic E-state index is 12.9. The van der Waals surface area contributed by atoms with Crippen LogP contribution in [-0.2, 0) is 19.6 Å². The zero-order chi connectivity index (χ0) is 22.4. The van der Waals surface area contributed by atoms with Crippen LogP contribution in [0.15, 0.2) is 48.5 Å². The molecule has 2 aromatic rings. The second-order valence-corrected chi connectivity index (χ2v) is 9.16. The fourth-order valence-electron chi connectivity index (χ4n) is 3.49. The minimum Gasteiger partial charge on any atom is -0.494 e. The fourth-order valence-corrected chi connectivity index (χ4v) is 4.66. The summed E-state index contributed by atoms with van der Waals surface area (Å²) in [4.78, 5) is 15.1. The topological polar surface area (TPSA) is 88.2 Å². The molecule has 1 atom stereocenters. The molecular formula is C22H29N3O5S. The highest BCUT2D eigenvalue weighted by atomic mass is 32.2. The summed E-state index contributed by atoms with van der Waals surface area (Å²) in [5.41, 5.74) is 2.06. The van der Waals surface area contributed by atoms with E-state index in [4.69, 9.17) is 9.47 Å². The Morgan fingerprint density at radius 3 is 2.29 bits per heavy atom. The molecule has 0 unspecified atom stereocenters. The van der Waals surface area contributed by atoms with E-state index in [-0.39, 0.29) is 0 Å². The number of ether oxygens (including phenoxy) is 2. The van der Waals surface area contributed by atoms with E-state index in [0.717, 1.165) is 29.3 Å². The summed E-state index contributed by atoms with van der Waals surface area (Å²) in [5.74, 6) is 0.218. The smallest absolute Gasteiger partial charge is 0.247 e. The molecule has 3 rings (SSSR count). The number of benzene rings is 2. The van der Waals surface area contributed by atoms with Gasteiger partial charge < -0.3 is 19.7 Å². The van der Waals surface area contributed by atoms with Crippen molar-refractivity contribution in [2.75, 3.05) is 53.7 Å². The number of anilines is 3. The largest absolute Gasteiger partial charge is 0.494 e. The van der Waals surface area contributed by atoms with Gasteiger partial charge in [-0.2, -0.15) is 0 Å². The molecule has 1 aliphatic heterocycles. The van der Waals surface area contributed by atoms with Crippen LogP contribution in [0.3, 0.4) is 0 Å². The number of amides is 1. The van der Waals surface area contributed by atoms with E-state index < -0.39 is 22.0 Å². The third kappa shape index (κ3) is 5.89. The van der Waals surface area contributed by atoms with Gasteiger partial charge in [0.25, 0.3) is 0 Å². The van der Waals surface area contributed by atoms with Crippen molar-refractivity contribution in [1.29, 1.82) is 0 Å². The summed E-state index contributed by atoms with van der Waals surface area (Å²) in [5, 5.41) is 2.81. The molecule has 0 spiro atoms. The van der Waals surface area contributed by atoms with E-state index in [9.17, 15) is 13.2 Å². The molecule has 1 saturated heterocycles. The molecule has 31 heavy (non-hydrogen) atoms. The lowest BCUT2D eigenvalue weighted by molar-refractivity contribution is -0.116. The average molecular weight is 448 g/mol. The van der Waals surface area contributed by atoms with Crippen molar-refractivity contribution in [3.8, 4) is 5.75 Å². The van der Waals surface area contributed by atoms with E-state index in [1.165, 1.54) is 0 Å². The number of sulfonamides is 1. The number of morpholine rings is 1. The Morgan fingerprint density at radius 1 is 1.13 bits per heavy atom. The molecule has 0 radical (unpaired) electrons. The summed E-state index contributed by atoms with van der Waals surface area (Å²) in [7, 11) is -3.69. The number of nitrogens with zero attached hydrogens (tertiary/aromatic N) is 2. The number of hydrogen-bond donors (Lipinski definition) is 1. The molecule has 1 heterocycles. The number of nitrogens with one attached hydrogen (secondary N) is 1. The average Bonchev–Trinajstić information content (AvgIpc) is 2.75. The fraction of sp³-hybridized carbons (Fsp3) is 0.409. The Morgan fingerprint density at radius 2 is 1.74 bits per heavy atom. The van der Waals surface area contributed by atoms with Crippen LogP contribution in [0.1, 0.15) is 13.8 Å². The quantitative estimate of drug-likeness (QED) is 0.670. The van der Waals surface area contributed by atoms with E-state index in [1.54, 1.807) is 31.2 Å². The lowest BCUT2D eigenvalue weighted by Crippen LogP contribution is -2.45. The first kappa shape index (κ1) is 22.9. The number of rotatable bonds is 8. The summed E-state index contributed by atoms with van der Waals surface area (Å²) in [6.45, 7) is 7.00. The third-order valence-electron chi connectivity index (χ3n) is 5.00. The summed E-state index contributed by atoms with van der Waals surface area (Å²) >= 11 is 0. The van der Waals surface area contributed by atoms with Gasteiger partial charge in [0, 0.05) is 24.5 Å². The van der Waals surface area contributed by atoms with Gasteiger partial charge in [-0.15, -0.1) is 0 Å². The molecule has 0 aromatic heterocycles. The van der Waals surface area contributed by atoms with Crippen LogP contribution in [-0.4, -0.2) is 59.5 Å². The van der Waals surface area contributed by atoms with Gasteiger partial charge >= 0.3 is 0 Å². The van der Waals surface area contributed by atoms with E-state index in [2.05, 4.69) is 10.2 Å². The van der Waals surface area contributed by atoms with Gasteiger partial charge in [0.2, 0.25) is 15.9 Å². The van der Waals surface area contributed by atoms with Gasteiger partial charge in [0.1, 0.15) is 11.8 Å². The van der Waals surface area contributed by atoms with Crippen molar-refractivity contribution in [1.82, 2.24) is 0 Å². The molecule has 0 aliphatic carbocycles. The molecule has 0 bridgehead atoms. The second kappa shape index (κ2) is 10.0. The van der Waals surface area contributed by atoms with Gasteiger partial charge in [-0.3, -0.25) is 9.10 Å². The minimum atomic E-state index is -3.69. The van der Waals surface area contributed by atoms with Crippen LogP contribution >= 0.6 is 0 Å². The van der Waals surface area contributed by atoms with Crippen molar-refractivity contribution in [3.63, 3.8) is 0 Å². The van der Waals surface area contributed by atoms with Crippen molar-refractivity contribution in [2.24, 2.45) is 0 Å². The van der Waals surface area contributed by atoms with Gasteiger partial charge in [0.05, 0.1) is 31.8 Å². The van der Waals surface area contributed by atoms with Crippen LogP contribution < -0.4 is 19.3 Å². The van der Waals surface area contributed by atoms with Crippen molar-refractivity contribution < 1.29 is 22.7 Å². The van der Waals surface area contributed by atoms with Crippen LogP contribution in [0.4, 0.5) is 17.1 Å². The van der Waals surface area contributed by atoms with Crippen molar-refractivity contribution in [3.05, 3.63) is 48.5 Å². The SMILES string of the molecule is CCOc1ccc(N([C@H](C)C(=O)Nc2ccc(N3CCOCC3)cc2)S(C)(=O)=O)cc1. The maximum Gasteiger partial charge on any atom is 0.247 e. The molecule has 168 valence electrons. The van der Waals surface area contributed by atoms with Crippen LogP contribution in [0.5, 0.6) is 5.75 Å². The third-order valence-corrected chi connectivity index (χ3v) is 6.24. The Kier molecular flexibility index (Phi) is 7.40. The van der Waals surface area contributed by atoms with E-state index in [1.807, 2.05) is 31.2 Å². The highest BCUT2D eigenvalue weighted by molar-refractivity contribution is 7.92. The summed E-state index contributed by atoms with van der Waals surface area (Å²) in [6, 6.07) is 13.2. The van der Waals surface area contributed by atoms with Crippen LogP contribution in [0, 0.1) is 0 Å². The standard InChI is InChI=1S/C22H29N3O5S/c1-4-30-21-11-9-20(10-12-21)25(31(3,27)28)17(2)22(26)23-18-5-7-19(8-6-18)24-13-15-29-16-14-24/h5-12,17H,4,13-16H2,1-3H3,(H,23,26)/t17-/m1/s1. The van der Waals surface area contributed by atoms with Crippen LogP contribution in [0.25, 0.3) is 0 Å². The first-order valence-electron chi connectivity index (χ1n) is 10.3. The first-order valence-corrected chi connectivity index (χ1v) is 12.1. The van der Waals surface area contributed by atoms with E-state index >= 15 is 0 Å². The van der Waals surface area contributed by atoms with Crippen molar-refractivity contribution >= 4 is 33.0 Å². The molecule has 1 N–H and O–H groups in total. The zero-order valence-corrected chi connectivity index (χ0v) is 18.9. The maximum atomic E-state index is 12.9. The lowest BCUT2D eigenvalue weighted by Gasteiger charge is -2.29. The molecule has 1 amide bonds. The molecular weight excluding hydrogens is 418 g/mol. The van der Waals surface area contributed by atoms with Crippen molar-refractivity contribution in [2.45, 2.75) is 19.9 Å².